The van der Waals surface area contributed by atoms with E-state index in [1.807, 2.05) is 5.32 Å². The van der Waals surface area contributed by atoms with Crippen LogP contribution < -0.4 is 22.3 Å². The minimum absolute atomic E-state index is 0.224. The van der Waals surface area contributed by atoms with Gasteiger partial charge in [-0.25, -0.2) is 13.6 Å². The van der Waals surface area contributed by atoms with E-state index in [0.29, 0.717) is 10.1 Å². The summed E-state index contributed by atoms with van der Waals surface area (Å²) in [6.45, 7) is -2.52. The molecule has 0 aliphatic carbocycles. The number of nitrogens with two attached hydrogens (primary N) is 1. The van der Waals surface area contributed by atoms with Crippen molar-refractivity contribution in [3.8, 4) is 0 Å². The van der Waals surface area contributed by atoms with E-state index in [0.717, 1.165) is 0 Å². The molecule has 0 bridgehead atoms. The van der Waals surface area contributed by atoms with Crippen molar-refractivity contribution in [1.29, 1.82) is 0 Å². The van der Waals surface area contributed by atoms with E-state index < -0.39 is 42.7 Å². The number of alkyl halides is 2. The third-order valence-corrected chi connectivity index (χ3v) is 3.03. The molecule has 9 heteroatoms. The van der Waals surface area contributed by atoms with E-state index in [4.69, 9.17) is 5.73 Å². The summed E-state index contributed by atoms with van der Waals surface area (Å²) < 4.78 is 26.5. The molecule has 0 fully saturated rings. The van der Waals surface area contributed by atoms with Crippen LogP contribution in [0.15, 0.2) is 33.9 Å². The van der Waals surface area contributed by atoms with Gasteiger partial charge in [0.2, 0.25) is 5.91 Å². The number of hydrogen-bond donors (Lipinski definition) is 3. The van der Waals surface area contributed by atoms with Crippen LogP contribution in [0.4, 0.5) is 8.78 Å². The average molecular weight is 312 g/mol. The van der Waals surface area contributed by atoms with Crippen molar-refractivity contribution in [2.75, 3.05) is 13.1 Å². The zero-order valence-corrected chi connectivity index (χ0v) is 11.4. The summed E-state index contributed by atoms with van der Waals surface area (Å²) in [5.74, 6) is -4.12. The van der Waals surface area contributed by atoms with E-state index in [1.165, 1.54) is 6.07 Å². The number of rotatable bonds is 5. The Hall–Kier alpha value is -2.55. The minimum Gasteiger partial charge on any atom is -0.348 e. The van der Waals surface area contributed by atoms with Crippen LogP contribution in [0, 0.1) is 0 Å². The van der Waals surface area contributed by atoms with Gasteiger partial charge in [0.25, 0.3) is 11.5 Å². The maximum absolute atomic E-state index is 12.9. The topological polar surface area (TPSA) is 110 Å². The quantitative estimate of drug-likeness (QED) is 0.684. The van der Waals surface area contributed by atoms with Crippen molar-refractivity contribution in [3.05, 3.63) is 45.1 Å². The molecule has 0 spiro atoms. The van der Waals surface area contributed by atoms with Gasteiger partial charge in [-0.15, -0.1) is 0 Å². The van der Waals surface area contributed by atoms with Gasteiger partial charge in [0, 0.05) is 0 Å². The Morgan fingerprint density at radius 1 is 1.32 bits per heavy atom. The highest BCUT2D eigenvalue weighted by molar-refractivity contribution is 5.78. The molecule has 7 nitrogen and oxygen atoms in total. The molecule has 1 aromatic carbocycles. The Labute approximate surface area is 122 Å². The number of nitrogens with zero attached hydrogens (tertiary/aromatic N) is 1. The lowest BCUT2D eigenvalue weighted by Gasteiger charge is -2.14. The van der Waals surface area contributed by atoms with Gasteiger partial charge in [0.15, 0.2) is 0 Å². The maximum atomic E-state index is 12.9. The van der Waals surface area contributed by atoms with Gasteiger partial charge in [-0.3, -0.25) is 14.2 Å². The van der Waals surface area contributed by atoms with Gasteiger partial charge in [0.1, 0.15) is 6.54 Å². The number of nitrogens with one attached hydrogen (secondary N) is 2. The molecule has 0 saturated heterocycles. The van der Waals surface area contributed by atoms with E-state index >= 15 is 0 Å². The number of para-hydroxylation sites is 1. The SMILES string of the molecule is NCC(F)(F)CNC(=O)Cn1c(=O)[nH]c2ccccc2c1=O. The van der Waals surface area contributed by atoms with Gasteiger partial charge in [-0.2, -0.15) is 0 Å². The number of H-pyrrole nitrogens is 1. The van der Waals surface area contributed by atoms with Crippen LogP contribution >= 0.6 is 0 Å². The molecule has 4 N–H and O–H groups in total. The van der Waals surface area contributed by atoms with Crippen LogP contribution in [-0.2, 0) is 11.3 Å². The third kappa shape index (κ3) is 3.37. The first kappa shape index (κ1) is 15.8. The fourth-order valence-corrected chi connectivity index (χ4v) is 1.84. The molecule has 1 heterocycles. The second kappa shape index (κ2) is 6.06. The smallest absolute Gasteiger partial charge is 0.329 e. The molecular formula is C13H14F2N4O3. The molecule has 1 aromatic heterocycles. The van der Waals surface area contributed by atoms with Crippen LogP contribution in [0.1, 0.15) is 0 Å². The lowest BCUT2D eigenvalue weighted by atomic mass is 10.2. The number of hydrogen-bond acceptors (Lipinski definition) is 4. The molecular weight excluding hydrogens is 298 g/mol. The number of carbonyl (C=O) groups excluding carboxylic acids is 1. The van der Waals surface area contributed by atoms with Crippen molar-refractivity contribution >= 4 is 16.8 Å². The average Bonchev–Trinajstić information content (AvgIpc) is 2.49. The van der Waals surface area contributed by atoms with Gasteiger partial charge in [-0.05, 0) is 12.1 Å². The second-order valence-corrected chi connectivity index (χ2v) is 4.70. The monoisotopic (exact) mass is 312 g/mol. The first-order valence-electron chi connectivity index (χ1n) is 6.40. The second-order valence-electron chi connectivity index (χ2n) is 4.70. The van der Waals surface area contributed by atoms with Crippen molar-refractivity contribution in [2.24, 2.45) is 5.73 Å². The summed E-state index contributed by atoms with van der Waals surface area (Å²) in [4.78, 5) is 38.0. The zero-order chi connectivity index (χ0) is 16.3. The van der Waals surface area contributed by atoms with Crippen molar-refractivity contribution in [3.63, 3.8) is 0 Å². The molecule has 0 aliphatic heterocycles. The number of aromatic nitrogens is 2. The number of carbonyl (C=O) groups is 1. The summed E-state index contributed by atoms with van der Waals surface area (Å²) in [5, 5.41) is 2.17. The molecule has 22 heavy (non-hydrogen) atoms. The van der Waals surface area contributed by atoms with Gasteiger partial charge < -0.3 is 16.0 Å². The van der Waals surface area contributed by atoms with E-state index in [2.05, 4.69) is 4.98 Å². The Balaban J connectivity index is 2.23. The summed E-state index contributed by atoms with van der Waals surface area (Å²) in [5.41, 5.74) is 3.73. The normalized spacial score (nSPS) is 11.6. The van der Waals surface area contributed by atoms with Crippen LogP contribution in [0.25, 0.3) is 10.9 Å². The molecule has 118 valence electrons. The van der Waals surface area contributed by atoms with Crippen LogP contribution in [0.3, 0.4) is 0 Å². The Morgan fingerprint density at radius 2 is 2.00 bits per heavy atom. The first-order chi connectivity index (χ1) is 10.3. The Kier molecular flexibility index (Phi) is 4.36. The highest BCUT2D eigenvalue weighted by Crippen LogP contribution is 2.08. The van der Waals surface area contributed by atoms with E-state index in [-0.39, 0.29) is 5.39 Å². The van der Waals surface area contributed by atoms with Crippen molar-refractivity contribution < 1.29 is 13.6 Å². The highest BCUT2D eigenvalue weighted by Gasteiger charge is 2.27. The molecule has 0 aliphatic rings. The molecule has 0 radical (unpaired) electrons. The largest absolute Gasteiger partial charge is 0.348 e. The standard InChI is InChI=1S/C13H14F2N4O3/c14-13(15,6-16)7-17-10(20)5-19-11(21)8-3-1-2-4-9(8)18-12(19)22/h1-4H,5-7,16H2,(H,17,20)(H,18,22). The zero-order valence-electron chi connectivity index (χ0n) is 11.4. The van der Waals surface area contributed by atoms with Crippen molar-refractivity contribution in [1.82, 2.24) is 14.9 Å². The lowest BCUT2D eigenvalue weighted by molar-refractivity contribution is -0.123. The third-order valence-electron chi connectivity index (χ3n) is 3.03. The summed E-state index contributed by atoms with van der Waals surface area (Å²) in [7, 11) is 0. The van der Waals surface area contributed by atoms with Crippen LogP contribution in [-0.4, -0.2) is 34.5 Å². The lowest BCUT2D eigenvalue weighted by Crippen LogP contribution is -2.45. The van der Waals surface area contributed by atoms with Gasteiger partial charge in [-0.1, -0.05) is 12.1 Å². The number of fused-ring (bicyclic) bond motifs is 1. The minimum atomic E-state index is -3.24. The first-order valence-corrected chi connectivity index (χ1v) is 6.40. The Bertz CT molecular complexity index is 813. The molecule has 0 saturated carbocycles. The molecule has 1 amide bonds. The highest BCUT2D eigenvalue weighted by atomic mass is 19.3. The maximum Gasteiger partial charge on any atom is 0.329 e. The predicted octanol–water partition coefficient (Wildman–Crippen LogP) is -0.600. The fourth-order valence-electron chi connectivity index (χ4n) is 1.84. The summed E-state index contributed by atoms with van der Waals surface area (Å²) in [6, 6.07) is 6.28. The fraction of sp³-hybridized carbons (Fsp3) is 0.308. The number of benzene rings is 1. The number of halogens is 2. The van der Waals surface area contributed by atoms with E-state index in [9.17, 15) is 23.2 Å². The Morgan fingerprint density at radius 3 is 2.68 bits per heavy atom. The van der Waals surface area contributed by atoms with E-state index in [1.54, 1.807) is 18.2 Å². The van der Waals surface area contributed by atoms with Gasteiger partial charge in [0.05, 0.1) is 24.0 Å². The van der Waals surface area contributed by atoms with Crippen LogP contribution in [0.5, 0.6) is 0 Å². The van der Waals surface area contributed by atoms with Crippen LogP contribution in [0.2, 0.25) is 0 Å². The number of aromatic amines is 1. The predicted molar refractivity (Wildman–Crippen MR) is 75.8 cm³/mol. The summed E-state index contributed by atoms with van der Waals surface area (Å²) >= 11 is 0. The molecule has 0 unspecified atom stereocenters. The molecule has 2 rings (SSSR count). The molecule has 0 atom stereocenters. The van der Waals surface area contributed by atoms with Crippen molar-refractivity contribution in [2.45, 2.75) is 12.5 Å². The molecule has 2 aromatic rings. The number of amides is 1. The summed E-state index contributed by atoms with van der Waals surface area (Å²) in [6.07, 6.45) is 0. The van der Waals surface area contributed by atoms with Gasteiger partial charge >= 0.3 is 5.69 Å².